The predicted molar refractivity (Wildman–Crippen MR) is 59.1 cm³/mol. The smallest absolute Gasteiger partial charge is 0.237 e. The molecule has 15 heavy (non-hydrogen) atoms. The highest BCUT2D eigenvalue weighted by molar-refractivity contribution is 9.10. The van der Waals surface area contributed by atoms with Gasteiger partial charge in [-0.15, -0.1) is 0 Å². The molecule has 0 aromatic carbocycles. The maximum Gasteiger partial charge on any atom is 0.237 e. The van der Waals surface area contributed by atoms with Crippen LogP contribution in [0.5, 0.6) is 11.6 Å². The van der Waals surface area contributed by atoms with Crippen LogP contribution in [0.2, 0.25) is 5.15 Å². The maximum atomic E-state index is 5.70. The number of pyridine rings is 1. The van der Waals surface area contributed by atoms with Crippen molar-refractivity contribution in [3.05, 3.63) is 40.5 Å². The van der Waals surface area contributed by atoms with E-state index in [1.165, 1.54) is 6.20 Å². The molecule has 6 heteroatoms. The summed E-state index contributed by atoms with van der Waals surface area (Å²) in [4.78, 5) is 11.8. The van der Waals surface area contributed by atoms with Crippen molar-refractivity contribution < 1.29 is 4.74 Å². The molecule has 0 radical (unpaired) electrons. The van der Waals surface area contributed by atoms with Crippen molar-refractivity contribution in [1.82, 2.24) is 15.0 Å². The molecule has 0 aliphatic rings. The fourth-order valence-corrected chi connectivity index (χ4v) is 1.29. The van der Waals surface area contributed by atoms with Crippen molar-refractivity contribution in [3.63, 3.8) is 0 Å². The van der Waals surface area contributed by atoms with Gasteiger partial charge in [0, 0.05) is 12.3 Å². The second-order valence-corrected chi connectivity index (χ2v) is 3.79. The molecule has 4 nitrogen and oxygen atoms in total. The highest BCUT2D eigenvalue weighted by Gasteiger charge is 2.00. The molecule has 2 aromatic heterocycles. The summed E-state index contributed by atoms with van der Waals surface area (Å²) in [5.74, 6) is 0.979. The van der Waals surface area contributed by atoms with E-state index in [4.69, 9.17) is 16.3 Å². The highest BCUT2D eigenvalue weighted by Crippen LogP contribution is 2.20. The Morgan fingerprint density at radius 3 is 2.73 bits per heavy atom. The fourth-order valence-electron chi connectivity index (χ4n) is 0.922. The van der Waals surface area contributed by atoms with E-state index in [9.17, 15) is 0 Å². The summed E-state index contributed by atoms with van der Waals surface area (Å²) in [5, 5.41) is 0.373. The lowest BCUT2D eigenvalue weighted by atomic mass is 10.4. The van der Waals surface area contributed by atoms with Crippen LogP contribution in [0.4, 0.5) is 0 Å². The summed E-state index contributed by atoms with van der Waals surface area (Å²) in [5.41, 5.74) is 0. The summed E-state index contributed by atoms with van der Waals surface area (Å²) >= 11 is 8.88. The molecule has 0 aliphatic heterocycles. The molecule has 0 atom stereocenters. The summed E-state index contributed by atoms with van der Waals surface area (Å²) in [7, 11) is 0. The second kappa shape index (κ2) is 4.55. The van der Waals surface area contributed by atoms with E-state index in [0.29, 0.717) is 21.4 Å². The number of halogens is 2. The Morgan fingerprint density at radius 2 is 2.07 bits per heavy atom. The molecule has 0 amide bonds. The molecule has 0 spiro atoms. The lowest BCUT2D eigenvalue weighted by molar-refractivity contribution is 0.459. The largest absolute Gasteiger partial charge is 0.437 e. The number of rotatable bonds is 2. The van der Waals surface area contributed by atoms with Crippen LogP contribution in [0.25, 0.3) is 0 Å². The van der Waals surface area contributed by atoms with Crippen LogP contribution in [0.15, 0.2) is 35.3 Å². The van der Waals surface area contributed by atoms with Gasteiger partial charge in [-0.3, -0.25) is 0 Å². The lowest BCUT2D eigenvalue weighted by Gasteiger charge is -2.03. The highest BCUT2D eigenvalue weighted by atomic mass is 79.9. The van der Waals surface area contributed by atoms with Crippen LogP contribution in [0.1, 0.15) is 0 Å². The number of hydrogen-bond donors (Lipinski definition) is 0. The Balaban J connectivity index is 2.18. The Bertz CT molecular complexity index is 463. The number of nitrogens with zero attached hydrogens (tertiary/aromatic N) is 3. The fraction of sp³-hybridized carbons (Fsp3) is 0. The van der Waals surface area contributed by atoms with E-state index in [2.05, 4.69) is 30.9 Å². The van der Waals surface area contributed by atoms with Crippen LogP contribution < -0.4 is 4.74 Å². The average molecular weight is 287 g/mol. The molecule has 0 fully saturated rings. The molecule has 0 N–H and O–H groups in total. The Kier molecular flexibility index (Phi) is 3.13. The van der Waals surface area contributed by atoms with Crippen LogP contribution in [0.3, 0.4) is 0 Å². The Morgan fingerprint density at radius 1 is 1.20 bits per heavy atom. The molecule has 2 heterocycles. The first-order valence-corrected chi connectivity index (χ1v) is 5.18. The first-order chi connectivity index (χ1) is 7.24. The van der Waals surface area contributed by atoms with Crippen LogP contribution in [-0.2, 0) is 0 Å². The molecule has 0 aliphatic carbocycles. The zero-order valence-electron chi connectivity index (χ0n) is 7.39. The van der Waals surface area contributed by atoms with E-state index in [1.807, 2.05) is 0 Å². The van der Waals surface area contributed by atoms with Crippen molar-refractivity contribution >= 4 is 27.5 Å². The van der Waals surface area contributed by atoms with Gasteiger partial charge in [0.05, 0.1) is 12.4 Å². The second-order valence-electron chi connectivity index (χ2n) is 2.59. The minimum Gasteiger partial charge on any atom is -0.437 e. The van der Waals surface area contributed by atoms with E-state index >= 15 is 0 Å². The summed E-state index contributed by atoms with van der Waals surface area (Å²) < 4.78 is 6.05. The van der Waals surface area contributed by atoms with Crippen molar-refractivity contribution in [2.24, 2.45) is 0 Å². The van der Waals surface area contributed by atoms with Gasteiger partial charge in [-0.05, 0) is 22.0 Å². The minimum absolute atomic E-state index is 0.373. The third kappa shape index (κ3) is 2.87. The van der Waals surface area contributed by atoms with E-state index in [1.54, 1.807) is 24.5 Å². The molecule has 0 bridgehead atoms. The summed E-state index contributed by atoms with van der Waals surface area (Å²) in [6, 6.07) is 3.29. The standard InChI is InChI=1S/C9H5BrClN3O/c10-7-4-14-9(5-13-7)15-6-1-2-12-8(11)3-6/h1-5H. The molecular weight excluding hydrogens is 281 g/mol. The first kappa shape index (κ1) is 10.3. The molecular formula is C9H5BrClN3O. The van der Waals surface area contributed by atoms with Gasteiger partial charge in [-0.2, -0.15) is 0 Å². The lowest BCUT2D eigenvalue weighted by Crippen LogP contribution is -1.89. The molecule has 0 saturated carbocycles. The van der Waals surface area contributed by atoms with Crippen LogP contribution >= 0.6 is 27.5 Å². The third-order valence-corrected chi connectivity index (χ3v) is 2.13. The van der Waals surface area contributed by atoms with Crippen LogP contribution in [0, 0.1) is 0 Å². The molecule has 2 aromatic rings. The number of aromatic nitrogens is 3. The Hall–Kier alpha value is -1.20. The SMILES string of the molecule is Clc1cc(Oc2cnc(Br)cn2)ccn1. The van der Waals surface area contributed by atoms with Crippen molar-refractivity contribution in [2.75, 3.05) is 0 Å². The molecule has 0 unspecified atom stereocenters. The topological polar surface area (TPSA) is 47.9 Å². The Labute approximate surface area is 99.4 Å². The molecule has 76 valence electrons. The predicted octanol–water partition coefficient (Wildman–Crippen LogP) is 3.08. The van der Waals surface area contributed by atoms with Crippen molar-refractivity contribution in [1.29, 1.82) is 0 Å². The van der Waals surface area contributed by atoms with Gasteiger partial charge in [0.25, 0.3) is 0 Å². The summed E-state index contributed by atoms with van der Waals surface area (Å²) in [6.07, 6.45) is 4.63. The van der Waals surface area contributed by atoms with Gasteiger partial charge < -0.3 is 4.74 Å². The van der Waals surface area contributed by atoms with Gasteiger partial charge in [0.1, 0.15) is 15.5 Å². The van der Waals surface area contributed by atoms with Gasteiger partial charge in [-0.1, -0.05) is 11.6 Å². The average Bonchev–Trinajstić information content (AvgIpc) is 2.22. The third-order valence-electron chi connectivity index (χ3n) is 1.52. The normalized spacial score (nSPS) is 10.0. The van der Waals surface area contributed by atoms with Gasteiger partial charge in [-0.25, -0.2) is 15.0 Å². The van der Waals surface area contributed by atoms with Crippen LogP contribution in [-0.4, -0.2) is 15.0 Å². The van der Waals surface area contributed by atoms with Gasteiger partial charge in [0.2, 0.25) is 5.88 Å². The molecule has 2 rings (SSSR count). The zero-order chi connectivity index (χ0) is 10.7. The van der Waals surface area contributed by atoms with Crippen molar-refractivity contribution in [3.8, 4) is 11.6 Å². The molecule has 0 saturated heterocycles. The van der Waals surface area contributed by atoms with Gasteiger partial charge >= 0.3 is 0 Å². The van der Waals surface area contributed by atoms with Crippen molar-refractivity contribution in [2.45, 2.75) is 0 Å². The van der Waals surface area contributed by atoms with E-state index in [-0.39, 0.29) is 0 Å². The monoisotopic (exact) mass is 285 g/mol. The number of ether oxygens (including phenoxy) is 1. The maximum absolute atomic E-state index is 5.70. The van der Waals surface area contributed by atoms with E-state index in [0.717, 1.165) is 0 Å². The van der Waals surface area contributed by atoms with E-state index < -0.39 is 0 Å². The van der Waals surface area contributed by atoms with Gasteiger partial charge in [0.15, 0.2) is 0 Å². The quantitative estimate of drug-likeness (QED) is 0.796. The summed E-state index contributed by atoms with van der Waals surface area (Å²) in [6.45, 7) is 0. The minimum atomic E-state index is 0.373. The number of hydrogen-bond acceptors (Lipinski definition) is 4. The zero-order valence-corrected chi connectivity index (χ0v) is 9.73. The first-order valence-electron chi connectivity index (χ1n) is 4.01.